The number of rotatable bonds is 17. The Morgan fingerprint density at radius 2 is 0.949 bits per heavy atom. The lowest BCUT2D eigenvalue weighted by atomic mass is 9.68. The summed E-state index contributed by atoms with van der Waals surface area (Å²) in [5.74, 6) is 0. The van der Waals surface area contributed by atoms with Gasteiger partial charge < -0.3 is 0 Å². The molecule has 0 saturated carbocycles. The van der Waals surface area contributed by atoms with Crippen molar-refractivity contribution < 1.29 is 0 Å². The molecule has 210 valence electrons. The van der Waals surface area contributed by atoms with Gasteiger partial charge in [-0.05, 0) is 66.5 Å². The number of hydrogen-bond acceptors (Lipinski definition) is 0. The van der Waals surface area contributed by atoms with Crippen LogP contribution in [0.4, 0.5) is 0 Å². The van der Waals surface area contributed by atoms with Gasteiger partial charge in [-0.15, -0.1) is 0 Å². The number of hydrogen-bond donors (Lipinski definition) is 0. The molecule has 0 heteroatoms. The number of aryl methyl sites for hydroxylation is 3. The molecule has 39 heavy (non-hydrogen) atoms. The van der Waals surface area contributed by atoms with Crippen molar-refractivity contribution >= 4 is 0 Å². The molecule has 0 saturated heterocycles. The van der Waals surface area contributed by atoms with Gasteiger partial charge in [-0.25, -0.2) is 0 Å². The fourth-order valence-corrected chi connectivity index (χ4v) is 6.95. The Balaban J connectivity index is 1.56. The van der Waals surface area contributed by atoms with Gasteiger partial charge in [-0.2, -0.15) is 0 Å². The van der Waals surface area contributed by atoms with Crippen LogP contribution in [-0.2, 0) is 11.8 Å². The average molecular weight is 523 g/mol. The Labute approximate surface area is 240 Å². The molecular formula is C39H54. The van der Waals surface area contributed by atoms with E-state index in [0.717, 1.165) is 0 Å². The predicted octanol–water partition coefficient (Wildman–Crippen LogP) is 12.1. The Morgan fingerprint density at radius 1 is 0.487 bits per heavy atom. The van der Waals surface area contributed by atoms with Gasteiger partial charge in [0.05, 0.1) is 0 Å². The summed E-state index contributed by atoms with van der Waals surface area (Å²) in [6.45, 7) is 9.13. The van der Waals surface area contributed by atoms with E-state index in [0.29, 0.717) is 0 Å². The van der Waals surface area contributed by atoms with Crippen molar-refractivity contribution in [2.24, 2.45) is 0 Å². The smallest absolute Gasteiger partial charge is 0.0463 e. The molecule has 3 aromatic carbocycles. The number of fused-ring (bicyclic) bond motifs is 3. The normalized spacial score (nSPS) is 13.4. The molecule has 0 bridgehead atoms. The third kappa shape index (κ3) is 7.25. The molecular weight excluding hydrogens is 468 g/mol. The van der Waals surface area contributed by atoms with Crippen LogP contribution in [0.25, 0.3) is 11.1 Å². The highest BCUT2D eigenvalue weighted by molar-refractivity contribution is 5.84. The van der Waals surface area contributed by atoms with Gasteiger partial charge in [-0.1, -0.05) is 169 Å². The maximum absolute atomic E-state index is 2.50. The maximum Gasteiger partial charge on any atom is 0.0463 e. The summed E-state index contributed by atoms with van der Waals surface area (Å²) in [5, 5.41) is 0. The minimum absolute atomic E-state index is 0.0381. The Hall–Kier alpha value is -2.34. The summed E-state index contributed by atoms with van der Waals surface area (Å²) >= 11 is 0. The zero-order valence-corrected chi connectivity index (χ0v) is 25.6. The minimum atomic E-state index is -0.0381. The van der Waals surface area contributed by atoms with Crippen molar-refractivity contribution in [2.45, 2.75) is 136 Å². The molecule has 0 unspecified atom stereocenters. The van der Waals surface area contributed by atoms with Crippen molar-refractivity contribution in [2.75, 3.05) is 0 Å². The van der Waals surface area contributed by atoms with Crippen LogP contribution < -0.4 is 0 Å². The van der Waals surface area contributed by atoms with Crippen molar-refractivity contribution in [3.8, 4) is 11.1 Å². The molecule has 1 aliphatic rings. The molecule has 0 N–H and O–H groups in total. The molecule has 0 aliphatic heterocycles. The molecule has 0 amide bonds. The zero-order valence-electron chi connectivity index (χ0n) is 25.6. The third-order valence-corrected chi connectivity index (χ3v) is 9.23. The van der Waals surface area contributed by atoms with E-state index in [-0.39, 0.29) is 5.41 Å². The molecule has 0 aromatic heterocycles. The molecule has 0 nitrogen and oxygen atoms in total. The largest absolute Gasteiger partial charge is 0.0654 e. The van der Waals surface area contributed by atoms with Crippen LogP contribution in [0.1, 0.15) is 144 Å². The van der Waals surface area contributed by atoms with Crippen LogP contribution >= 0.6 is 0 Å². The summed E-state index contributed by atoms with van der Waals surface area (Å²) in [6.07, 6.45) is 21.6. The van der Waals surface area contributed by atoms with Crippen LogP contribution in [0, 0.1) is 13.8 Å². The van der Waals surface area contributed by atoms with Gasteiger partial charge in [0.2, 0.25) is 0 Å². The summed E-state index contributed by atoms with van der Waals surface area (Å²) < 4.78 is 0. The SMILES string of the molecule is CCCCCCCCCCCCC1(c2ccc(CCCCCC)cc2)c2cc(C)ccc2-c2ccc(C)cc21. The van der Waals surface area contributed by atoms with Crippen molar-refractivity contribution in [1.82, 2.24) is 0 Å². The average Bonchev–Trinajstić information content (AvgIpc) is 3.21. The monoisotopic (exact) mass is 522 g/mol. The lowest BCUT2D eigenvalue weighted by Gasteiger charge is -2.34. The molecule has 0 radical (unpaired) electrons. The molecule has 4 rings (SSSR count). The quantitative estimate of drug-likeness (QED) is 0.155. The second kappa shape index (κ2) is 14.9. The predicted molar refractivity (Wildman–Crippen MR) is 172 cm³/mol. The van der Waals surface area contributed by atoms with Crippen LogP contribution in [0.3, 0.4) is 0 Å². The van der Waals surface area contributed by atoms with E-state index >= 15 is 0 Å². The first-order valence-electron chi connectivity index (χ1n) is 16.4. The first kappa shape index (κ1) is 29.6. The Bertz CT molecular complexity index is 1100. The van der Waals surface area contributed by atoms with Gasteiger partial charge in [0, 0.05) is 5.41 Å². The lowest BCUT2D eigenvalue weighted by Crippen LogP contribution is -2.27. The van der Waals surface area contributed by atoms with Gasteiger partial charge in [0.25, 0.3) is 0 Å². The summed E-state index contributed by atoms with van der Waals surface area (Å²) in [4.78, 5) is 0. The van der Waals surface area contributed by atoms with Crippen LogP contribution in [0.15, 0.2) is 60.7 Å². The van der Waals surface area contributed by atoms with Crippen molar-refractivity contribution in [3.05, 3.63) is 94.0 Å². The van der Waals surface area contributed by atoms with Gasteiger partial charge in [0.15, 0.2) is 0 Å². The zero-order chi connectivity index (χ0) is 27.5. The van der Waals surface area contributed by atoms with Crippen LogP contribution in [-0.4, -0.2) is 0 Å². The highest BCUT2D eigenvalue weighted by atomic mass is 14.5. The molecule has 0 atom stereocenters. The lowest BCUT2D eigenvalue weighted by molar-refractivity contribution is 0.499. The van der Waals surface area contributed by atoms with E-state index < -0.39 is 0 Å². The standard InChI is InChI=1S/C39H54/c1-5-7-9-11-12-13-14-15-16-18-28-39(34-24-22-33(23-25-34)19-17-10-8-6-2)37-29-31(3)20-26-35(37)36-27-21-32(4)30-38(36)39/h20-27,29-30H,5-19,28H2,1-4H3. The van der Waals surface area contributed by atoms with Crippen LogP contribution in [0.5, 0.6) is 0 Å². The second-order valence-electron chi connectivity index (χ2n) is 12.4. The minimum Gasteiger partial charge on any atom is -0.0654 e. The summed E-state index contributed by atoms with van der Waals surface area (Å²) in [6, 6.07) is 24.2. The van der Waals surface area contributed by atoms with Gasteiger partial charge in [-0.3, -0.25) is 0 Å². The first-order valence-corrected chi connectivity index (χ1v) is 16.4. The molecule has 0 heterocycles. The van der Waals surface area contributed by atoms with E-state index in [2.05, 4.69) is 88.4 Å². The van der Waals surface area contributed by atoms with Gasteiger partial charge in [0.1, 0.15) is 0 Å². The molecule has 1 aliphatic carbocycles. The summed E-state index contributed by atoms with van der Waals surface area (Å²) in [7, 11) is 0. The van der Waals surface area contributed by atoms with Crippen molar-refractivity contribution in [1.29, 1.82) is 0 Å². The number of unbranched alkanes of at least 4 members (excludes halogenated alkanes) is 12. The van der Waals surface area contributed by atoms with E-state index in [4.69, 9.17) is 0 Å². The van der Waals surface area contributed by atoms with Crippen LogP contribution in [0.2, 0.25) is 0 Å². The highest BCUT2D eigenvalue weighted by Gasteiger charge is 2.44. The first-order chi connectivity index (χ1) is 19.1. The third-order valence-electron chi connectivity index (χ3n) is 9.23. The maximum atomic E-state index is 2.50. The Kier molecular flexibility index (Phi) is 11.3. The highest BCUT2D eigenvalue weighted by Crippen LogP contribution is 2.55. The van der Waals surface area contributed by atoms with E-state index in [1.54, 1.807) is 0 Å². The van der Waals surface area contributed by atoms with E-state index in [1.165, 1.54) is 147 Å². The second-order valence-corrected chi connectivity index (χ2v) is 12.4. The topological polar surface area (TPSA) is 0 Å². The van der Waals surface area contributed by atoms with E-state index in [9.17, 15) is 0 Å². The van der Waals surface area contributed by atoms with E-state index in [1.807, 2.05) is 0 Å². The fraction of sp³-hybridized carbons (Fsp3) is 0.538. The number of benzene rings is 3. The van der Waals surface area contributed by atoms with Gasteiger partial charge >= 0.3 is 0 Å². The van der Waals surface area contributed by atoms with Crippen molar-refractivity contribution in [3.63, 3.8) is 0 Å². The molecule has 0 spiro atoms. The molecule has 3 aromatic rings. The fourth-order valence-electron chi connectivity index (χ4n) is 6.95. The Morgan fingerprint density at radius 3 is 1.46 bits per heavy atom. The summed E-state index contributed by atoms with van der Waals surface area (Å²) in [5.41, 5.74) is 11.7. The molecule has 0 fully saturated rings.